The van der Waals surface area contributed by atoms with Crippen LogP contribution in [0.2, 0.25) is 5.02 Å². The summed E-state index contributed by atoms with van der Waals surface area (Å²) in [5.74, 6) is -0.411. The van der Waals surface area contributed by atoms with Gasteiger partial charge in [-0.2, -0.15) is 0 Å². The number of hydrogen-bond acceptors (Lipinski definition) is 4. The number of aliphatic hydroxyl groups excluding tert-OH is 1. The standard InChI is InChI=1S/C14H19ClN4O3/c1-8-11(15)4-10(5-17-8)18-14(22)19-6-9(12(20)7-19)3-13(21)16-2/h4-5,9,12,20H,3,6-7H2,1-2H3,(H,16,21)(H,18,22)/t9-,12-/m1/s1. The molecule has 1 aliphatic rings. The minimum absolute atomic E-state index is 0.152. The van der Waals surface area contributed by atoms with Crippen LogP contribution in [-0.4, -0.2) is 53.2 Å². The molecule has 1 fully saturated rings. The van der Waals surface area contributed by atoms with Gasteiger partial charge in [0.25, 0.3) is 0 Å². The van der Waals surface area contributed by atoms with Crippen LogP contribution in [0.15, 0.2) is 12.3 Å². The predicted molar refractivity (Wildman–Crippen MR) is 82.8 cm³/mol. The highest BCUT2D eigenvalue weighted by atomic mass is 35.5. The number of carbonyl (C=O) groups excluding carboxylic acids is 2. The Kier molecular flexibility index (Phi) is 5.20. The van der Waals surface area contributed by atoms with E-state index in [1.807, 2.05) is 0 Å². The van der Waals surface area contributed by atoms with E-state index in [0.717, 1.165) is 0 Å². The molecular formula is C14H19ClN4O3. The van der Waals surface area contributed by atoms with Crippen LogP contribution in [0.3, 0.4) is 0 Å². The largest absolute Gasteiger partial charge is 0.391 e. The summed E-state index contributed by atoms with van der Waals surface area (Å²) in [4.78, 5) is 29.1. The van der Waals surface area contributed by atoms with Crippen LogP contribution in [0.1, 0.15) is 12.1 Å². The quantitative estimate of drug-likeness (QED) is 0.772. The number of urea groups is 1. The molecule has 0 saturated carbocycles. The molecule has 2 atom stereocenters. The lowest BCUT2D eigenvalue weighted by Crippen LogP contribution is -2.33. The van der Waals surface area contributed by atoms with Gasteiger partial charge < -0.3 is 20.6 Å². The highest BCUT2D eigenvalue weighted by molar-refractivity contribution is 6.31. The summed E-state index contributed by atoms with van der Waals surface area (Å²) < 4.78 is 0. The zero-order valence-electron chi connectivity index (χ0n) is 12.5. The van der Waals surface area contributed by atoms with E-state index in [9.17, 15) is 14.7 Å². The van der Waals surface area contributed by atoms with Crippen LogP contribution < -0.4 is 10.6 Å². The number of likely N-dealkylation sites (tertiary alicyclic amines) is 1. The van der Waals surface area contributed by atoms with Crippen LogP contribution in [-0.2, 0) is 4.79 Å². The number of amides is 3. The minimum atomic E-state index is -0.706. The number of rotatable bonds is 3. The molecule has 0 unspecified atom stereocenters. The number of nitrogens with zero attached hydrogens (tertiary/aromatic N) is 2. The molecule has 8 heteroatoms. The van der Waals surface area contributed by atoms with Gasteiger partial charge in [-0.3, -0.25) is 9.78 Å². The number of β-amino-alcohol motifs (C(OH)–C–C–N with tert-alkyl or cyclic N) is 1. The van der Waals surface area contributed by atoms with Crippen molar-refractivity contribution < 1.29 is 14.7 Å². The lowest BCUT2D eigenvalue weighted by molar-refractivity contribution is -0.122. The molecule has 120 valence electrons. The molecule has 2 rings (SSSR count). The molecule has 3 N–H and O–H groups in total. The fraction of sp³-hybridized carbons (Fsp3) is 0.500. The Morgan fingerprint density at radius 1 is 1.50 bits per heavy atom. The SMILES string of the molecule is CNC(=O)C[C@@H]1CN(C(=O)Nc2cnc(C)c(Cl)c2)C[C@H]1O. The van der Waals surface area contributed by atoms with E-state index in [1.165, 1.54) is 11.1 Å². The molecule has 1 aliphatic heterocycles. The average molecular weight is 327 g/mol. The van der Waals surface area contributed by atoms with E-state index in [1.54, 1.807) is 20.0 Å². The Hall–Kier alpha value is -1.86. The van der Waals surface area contributed by atoms with E-state index in [-0.39, 0.29) is 30.8 Å². The summed E-state index contributed by atoms with van der Waals surface area (Å²) in [6, 6.07) is 1.27. The number of pyridine rings is 1. The fourth-order valence-electron chi connectivity index (χ4n) is 2.34. The number of hydrogen-bond donors (Lipinski definition) is 3. The van der Waals surface area contributed by atoms with Gasteiger partial charge in [-0.25, -0.2) is 4.79 Å². The Balaban J connectivity index is 1.96. The zero-order valence-corrected chi connectivity index (χ0v) is 13.2. The molecule has 3 amide bonds. The molecular weight excluding hydrogens is 308 g/mol. The number of nitrogens with one attached hydrogen (secondary N) is 2. The van der Waals surface area contributed by atoms with Crippen molar-refractivity contribution in [2.75, 3.05) is 25.5 Å². The average Bonchev–Trinajstić information content (AvgIpc) is 2.84. The van der Waals surface area contributed by atoms with Crippen molar-refractivity contribution in [2.24, 2.45) is 5.92 Å². The number of halogens is 1. The van der Waals surface area contributed by atoms with E-state index < -0.39 is 6.10 Å². The first-order valence-electron chi connectivity index (χ1n) is 6.97. The van der Waals surface area contributed by atoms with E-state index in [4.69, 9.17) is 11.6 Å². The van der Waals surface area contributed by atoms with Crippen molar-refractivity contribution in [3.05, 3.63) is 23.0 Å². The van der Waals surface area contributed by atoms with Gasteiger partial charge in [0.05, 0.1) is 28.7 Å². The second-order valence-electron chi connectivity index (χ2n) is 5.33. The van der Waals surface area contributed by atoms with Gasteiger partial charge >= 0.3 is 6.03 Å². The third-order valence-electron chi connectivity index (χ3n) is 3.70. The Bertz CT molecular complexity index is 581. The Morgan fingerprint density at radius 2 is 2.23 bits per heavy atom. The monoisotopic (exact) mass is 326 g/mol. The second-order valence-corrected chi connectivity index (χ2v) is 5.74. The fourth-order valence-corrected chi connectivity index (χ4v) is 2.50. The highest BCUT2D eigenvalue weighted by Gasteiger charge is 2.35. The molecule has 1 aromatic rings. The lowest BCUT2D eigenvalue weighted by Gasteiger charge is -2.17. The summed E-state index contributed by atoms with van der Waals surface area (Å²) in [6.07, 6.45) is 1.01. The van der Waals surface area contributed by atoms with Gasteiger partial charge in [0.15, 0.2) is 0 Å². The Morgan fingerprint density at radius 3 is 2.86 bits per heavy atom. The summed E-state index contributed by atoms with van der Waals surface area (Å²) >= 11 is 5.96. The number of aliphatic hydroxyl groups is 1. The first-order valence-corrected chi connectivity index (χ1v) is 7.35. The first-order chi connectivity index (χ1) is 10.4. The molecule has 22 heavy (non-hydrogen) atoms. The Labute approximate surface area is 133 Å². The molecule has 0 spiro atoms. The lowest BCUT2D eigenvalue weighted by atomic mass is 10.0. The van der Waals surface area contributed by atoms with Crippen molar-refractivity contribution >= 4 is 29.2 Å². The van der Waals surface area contributed by atoms with Gasteiger partial charge in [0.1, 0.15) is 0 Å². The third kappa shape index (κ3) is 3.86. The third-order valence-corrected chi connectivity index (χ3v) is 4.08. The van der Waals surface area contributed by atoms with Crippen LogP contribution in [0.5, 0.6) is 0 Å². The molecule has 1 saturated heterocycles. The van der Waals surface area contributed by atoms with Crippen molar-refractivity contribution in [2.45, 2.75) is 19.4 Å². The maximum atomic E-state index is 12.2. The summed E-state index contributed by atoms with van der Waals surface area (Å²) in [5.41, 5.74) is 1.17. The van der Waals surface area contributed by atoms with E-state index >= 15 is 0 Å². The van der Waals surface area contributed by atoms with Gasteiger partial charge in [-0.1, -0.05) is 11.6 Å². The predicted octanol–water partition coefficient (Wildman–Crippen LogP) is 1.00. The molecule has 2 heterocycles. The number of aryl methyl sites for hydroxylation is 1. The minimum Gasteiger partial charge on any atom is -0.391 e. The zero-order chi connectivity index (χ0) is 16.3. The van der Waals surface area contributed by atoms with Gasteiger partial charge in [-0.15, -0.1) is 0 Å². The normalized spacial score (nSPS) is 20.8. The molecule has 1 aromatic heterocycles. The molecule has 0 aliphatic carbocycles. The summed E-state index contributed by atoms with van der Waals surface area (Å²) in [7, 11) is 1.54. The number of aromatic nitrogens is 1. The smallest absolute Gasteiger partial charge is 0.321 e. The number of carbonyl (C=O) groups is 2. The maximum absolute atomic E-state index is 12.2. The molecule has 7 nitrogen and oxygen atoms in total. The first kappa shape index (κ1) is 16.5. The van der Waals surface area contributed by atoms with E-state index in [2.05, 4.69) is 15.6 Å². The van der Waals surface area contributed by atoms with Crippen molar-refractivity contribution in [1.29, 1.82) is 0 Å². The van der Waals surface area contributed by atoms with Gasteiger partial charge in [-0.05, 0) is 13.0 Å². The molecule has 0 bridgehead atoms. The van der Waals surface area contributed by atoms with Crippen LogP contribution in [0, 0.1) is 12.8 Å². The van der Waals surface area contributed by atoms with Crippen LogP contribution in [0.4, 0.5) is 10.5 Å². The van der Waals surface area contributed by atoms with E-state index in [0.29, 0.717) is 22.9 Å². The number of anilines is 1. The summed E-state index contributed by atoms with van der Waals surface area (Å²) in [6.45, 7) is 2.29. The molecule has 0 radical (unpaired) electrons. The van der Waals surface area contributed by atoms with Gasteiger partial charge in [0.2, 0.25) is 5.91 Å². The van der Waals surface area contributed by atoms with Crippen molar-refractivity contribution in [3.8, 4) is 0 Å². The van der Waals surface area contributed by atoms with Crippen LogP contribution >= 0.6 is 11.6 Å². The van der Waals surface area contributed by atoms with Gasteiger partial charge in [0, 0.05) is 32.5 Å². The van der Waals surface area contributed by atoms with Crippen molar-refractivity contribution in [1.82, 2.24) is 15.2 Å². The summed E-state index contributed by atoms with van der Waals surface area (Å²) in [5, 5.41) is 15.6. The molecule has 0 aromatic carbocycles. The second kappa shape index (κ2) is 6.93. The van der Waals surface area contributed by atoms with Crippen molar-refractivity contribution in [3.63, 3.8) is 0 Å². The highest BCUT2D eigenvalue weighted by Crippen LogP contribution is 2.22. The maximum Gasteiger partial charge on any atom is 0.321 e. The topological polar surface area (TPSA) is 94.6 Å². The van der Waals surface area contributed by atoms with Crippen LogP contribution in [0.25, 0.3) is 0 Å².